The van der Waals surface area contributed by atoms with Crippen molar-refractivity contribution in [3.05, 3.63) is 53.2 Å². The Hall–Kier alpha value is -3.49. The van der Waals surface area contributed by atoms with Crippen molar-refractivity contribution < 1.29 is 18.7 Å². The Morgan fingerprint density at radius 3 is 2.91 bits per heavy atom. The fraction of sp³-hybridized carbons (Fsp3) is 0.391. The number of carbonyl (C=O) groups is 2. The number of halogens is 1. The van der Waals surface area contributed by atoms with E-state index in [0.29, 0.717) is 35.8 Å². The summed E-state index contributed by atoms with van der Waals surface area (Å²) in [5.74, 6) is -0.253. The van der Waals surface area contributed by atoms with Gasteiger partial charge in [0.25, 0.3) is 5.91 Å². The second kappa shape index (κ2) is 7.89. The van der Waals surface area contributed by atoms with Crippen LogP contribution in [0.3, 0.4) is 0 Å². The summed E-state index contributed by atoms with van der Waals surface area (Å²) in [6.07, 6.45) is 3.42. The zero-order valence-electron chi connectivity index (χ0n) is 18.0. The topological polar surface area (TPSA) is 93.1 Å². The van der Waals surface area contributed by atoms with Crippen LogP contribution >= 0.6 is 0 Å². The minimum absolute atomic E-state index is 0.0258. The van der Waals surface area contributed by atoms with E-state index in [1.54, 1.807) is 15.6 Å². The van der Waals surface area contributed by atoms with Crippen molar-refractivity contribution in [2.45, 2.75) is 32.3 Å². The van der Waals surface area contributed by atoms with E-state index < -0.39 is 5.82 Å². The number of rotatable bonds is 3. The lowest BCUT2D eigenvalue weighted by molar-refractivity contribution is 0.0405. The number of likely N-dealkylation sites (tertiary alicyclic amines) is 1. The molecule has 1 N–H and O–H groups in total. The molecule has 0 saturated carbocycles. The molecule has 1 fully saturated rings. The summed E-state index contributed by atoms with van der Waals surface area (Å²) in [6, 6.07) is 5.78. The number of Topliss-reactive ketones (excluding diaryl/α,β-unsaturated/α-hetero) is 1. The average Bonchev–Trinajstić information content (AvgIpc) is 3.39. The summed E-state index contributed by atoms with van der Waals surface area (Å²) in [5, 5.41) is 11.5. The van der Waals surface area contributed by atoms with E-state index in [9.17, 15) is 14.0 Å². The minimum Gasteiger partial charge on any atom is -0.489 e. The summed E-state index contributed by atoms with van der Waals surface area (Å²) < 4.78 is 21.3. The first-order valence-corrected chi connectivity index (χ1v) is 10.7. The molecule has 0 bridgehead atoms. The first kappa shape index (κ1) is 20.4. The number of aryl methyl sites for hydroxylation is 2. The molecule has 0 aliphatic carbocycles. The molecule has 3 aromatic rings. The van der Waals surface area contributed by atoms with Crippen LogP contribution in [0.4, 0.5) is 4.39 Å². The number of H-pyrrole nitrogens is 1. The number of ketones is 1. The molecular formula is C23H24FN5O3. The Morgan fingerprint density at radius 2 is 2.12 bits per heavy atom. The van der Waals surface area contributed by atoms with Gasteiger partial charge in [-0.2, -0.15) is 10.2 Å². The van der Waals surface area contributed by atoms with Gasteiger partial charge in [-0.25, -0.2) is 4.39 Å². The van der Waals surface area contributed by atoms with Gasteiger partial charge in [0.15, 0.2) is 5.78 Å². The van der Waals surface area contributed by atoms with Crippen LogP contribution in [0.25, 0.3) is 11.3 Å². The van der Waals surface area contributed by atoms with Gasteiger partial charge in [0.2, 0.25) is 0 Å². The molecule has 1 aromatic carbocycles. The van der Waals surface area contributed by atoms with Gasteiger partial charge in [-0.05, 0) is 44.0 Å². The Morgan fingerprint density at radius 1 is 1.28 bits per heavy atom. The van der Waals surface area contributed by atoms with E-state index in [1.165, 1.54) is 18.2 Å². The molecule has 8 nitrogen and oxygen atoms in total. The molecule has 1 saturated heterocycles. The number of fused-ring (bicyclic) bond motifs is 1. The number of nitrogens with zero attached hydrogens (tertiary/aromatic N) is 4. The Balaban J connectivity index is 1.30. The van der Waals surface area contributed by atoms with Crippen molar-refractivity contribution >= 4 is 11.7 Å². The highest BCUT2D eigenvalue weighted by atomic mass is 19.1. The van der Waals surface area contributed by atoms with Gasteiger partial charge in [-0.3, -0.25) is 19.4 Å². The van der Waals surface area contributed by atoms with Crippen LogP contribution in [0.5, 0.6) is 5.75 Å². The van der Waals surface area contributed by atoms with Gasteiger partial charge in [-0.1, -0.05) is 0 Å². The average molecular weight is 437 g/mol. The van der Waals surface area contributed by atoms with E-state index in [0.717, 1.165) is 24.1 Å². The molecule has 2 aliphatic heterocycles. The standard InChI is InChI=1S/C23H24FN5O3/c1-13-17(12-28(2)27-13)18-9-19(26-25-18)23(31)29-7-3-4-14(11-29)22-10-20(30)16-8-15(24)5-6-21(16)32-22/h5-6,8-9,12,14,22H,3-4,7,10-11H2,1-2H3,(H,25,26). The molecule has 2 aromatic heterocycles. The van der Waals surface area contributed by atoms with Gasteiger partial charge in [0.1, 0.15) is 23.4 Å². The molecule has 166 valence electrons. The molecule has 1 amide bonds. The molecular weight excluding hydrogens is 413 g/mol. The third kappa shape index (κ3) is 3.68. The zero-order valence-corrected chi connectivity index (χ0v) is 18.0. The largest absolute Gasteiger partial charge is 0.489 e. The van der Waals surface area contributed by atoms with Crippen LogP contribution in [0, 0.1) is 18.7 Å². The van der Waals surface area contributed by atoms with Crippen LogP contribution in [0.15, 0.2) is 30.5 Å². The summed E-state index contributed by atoms with van der Waals surface area (Å²) in [5.41, 5.74) is 3.11. The summed E-state index contributed by atoms with van der Waals surface area (Å²) >= 11 is 0. The predicted octanol–water partition coefficient (Wildman–Crippen LogP) is 3.14. The highest BCUT2D eigenvalue weighted by Crippen LogP contribution is 2.34. The molecule has 0 spiro atoms. The molecule has 2 atom stereocenters. The van der Waals surface area contributed by atoms with Crippen molar-refractivity contribution in [2.75, 3.05) is 13.1 Å². The van der Waals surface area contributed by atoms with E-state index in [-0.39, 0.29) is 30.1 Å². The number of piperidine rings is 1. The molecule has 2 unspecified atom stereocenters. The Kier molecular flexibility index (Phi) is 5.03. The number of ether oxygens (including phenoxy) is 1. The molecule has 0 radical (unpaired) electrons. The number of aromatic amines is 1. The predicted molar refractivity (Wildman–Crippen MR) is 114 cm³/mol. The van der Waals surface area contributed by atoms with Gasteiger partial charge >= 0.3 is 0 Å². The molecule has 2 aliphatic rings. The van der Waals surface area contributed by atoms with Crippen molar-refractivity contribution in [3.63, 3.8) is 0 Å². The quantitative estimate of drug-likeness (QED) is 0.680. The van der Waals surface area contributed by atoms with Crippen LogP contribution in [0.2, 0.25) is 0 Å². The third-order valence-corrected chi connectivity index (χ3v) is 6.28. The summed E-state index contributed by atoms with van der Waals surface area (Å²) in [4.78, 5) is 27.5. The van der Waals surface area contributed by atoms with Crippen LogP contribution in [0.1, 0.15) is 45.8 Å². The minimum atomic E-state index is -0.450. The maximum atomic E-state index is 13.5. The van der Waals surface area contributed by atoms with E-state index in [4.69, 9.17) is 4.74 Å². The highest BCUT2D eigenvalue weighted by Gasteiger charge is 2.36. The lowest BCUT2D eigenvalue weighted by Crippen LogP contribution is -2.46. The maximum absolute atomic E-state index is 13.5. The smallest absolute Gasteiger partial charge is 0.271 e. The van der Waals surface area contributed by atoms with Gasteiger partial charge in [-0.15, -0.1) is 0 Å². The van der Waals surface area contributed by atoms with Crippen LogP contribution in [-0.4, -0.2) is 55.8 Å². The van der Waals surface area contributed by atoms with Crippen LogP contribution < -0.4 is 4.74 Å². The van der Waals surface area contributed by atoms with Gasteiger partial charge in [0, 0.05) is 44.2 Å². The van der Waals surface area contributed by atoms with Crippen molar-refractivity contribution in [1.29, 1.82) is 0 Å². The molecule has 5 rings (SSSR count). The van der Waals surface area contributed by atoms with Crippen molar-refractivity contribution in [2.24, 2.45) is 13.0 Å². The lowest BCUT2D eigenvalue weighted by atomic mass is 9.86. The molecule has 32 heavy (non-hydrogen) atoms. The highest BCUT2D eigenvalue weighted by molar-refractivity contribution is 6.00. The number of hydrogen-bond donors (Lipinski definition) is 1. The Bertz CT molecular complexity index is 1200. The second-order valence-corrected chi connectivity index (χ2v) is 8.55. The lowest BCUT2D eigenvalue weighted by Gasteiger charge is -2.38. The van der Waals surface area contributed by atoms with Crippen LogP contribution in [-0.2, 0) is 7.05 Å². The molecule has 4 heterocycles. The third-order valence-electron chi connectivity index (χ3n) is 6.28. The first-order chi connectivity index (χ1) is 15.4. The molecule has 9 heteroatoms. The number of hydrogen-bond acceptors (Lipinski definition) is 5. The summed E-state index contributed by atoms with van der Waals surface area (Å²) in [7, 11) is 1.84. The number of nitrogens with one attached hydrogen (secondary N) is 1. The number of carbonyl (C=O) groups excluding carboxylic acids is 2. The van der Waals surface area contributed by atoms with E-state index >= 15 is 0 Å². The normalized spacial score (nSPS) is 20.7. The van der Waals surface area contributed by atoms with E-state index in [1.807, 2.05) is 20.2 Å². The van der Waals surface area contributed by atoms with E-state index in [2.05, 4.69) is 15.3 Å². The van der Waals surface area contributed by atoms with Crippen molar-refractivity contribution in [3.8, 4) is 17.0 Å². The van der Waals surface area contributed by atoms with Gasteiger partial charge in [0.05, 0.1) is 17.0 Å². The monoisotopic (exact) mass is 437 g/mol. The number of aromatic nitrogens is 4. The zero-order chi connectivity index (χ0) is 22.4. The Labute approximate surface area is 184 Å². The number of benzene rings is 1. The second-order valence-electron chi connectivity index (χ2n) is 8.55. The maximum Gasteiger partial charge on any atom is 0.271 e. The van der Waals surface area contributed by atoms with Crippen molar-refractivity contribution in [1.82, 2.24) is 24.9 Å². The SMILES string of the molecule is Cc1nn(C)cc1-c1cc(C(=O)N2CCCC(C3CC(=O)c4cc(F)ccc4O3)C2)[nH]n1. The fourth-order valence-corrected chi connectivity index (χ4v) is 4.67. The summed E-state index contributed by atoms with van der Waals surface area (Å²) in [6.45, 7) is 3.03. The number of amides is 1. The fourth-order valence-electron chi connectivity index (χ4n) is 4.67. The first-order valence-electron chi connectivity index (χ1n) is 10.7. The van der Waals surface area contributed by atoms with Gasteiger partial charge < -0.3 is 9.64 Å².